The second-order valence-electron chi connectivity index (χ2n) is 2.63. The average molecular weight is 288 g/mol. The van der Waals surface area contributed by atoms with Crippen LogP contribution in [0.5, 0.6) is 0 Å². The molecule has 4 heteroatoms. The monoisotopic (exact) mass is 288 g/mol. The minimum Gasteiger partial charge on any atom is -0.453 e. The van der Waals surface area contributed by atoms with Gasteiger partial charge in [-0.1, -0.05) is 0 Å². The molecule has 0 amide bonds. The van der Waals surface area contributed by atoms with Crippen molar-refractivity contribution in [3.8, 4) is 0 Å². The summed E-state index contributed by atoms with van der Waals surface area (Å²) in [6.07, 6.45) is 3.90. The fourth-order valence-corrected chi connectivity index (χ4v) is 1.52. The molecule has 0 spiro atoms. The van der Waals surface area contributed by atoms with E-state index in [9.17, 15) is 0 Å². The molecule has 13 heavy (non-hydrogen) atoms. The summed E-state index contributed by atoms with van der Waals surface area (Å²) in [5, 5.41) is 0. The summed E-state index contributed by atoms with van der Waals surface area (Å²) < 4.78 is 8.21. The topological polar surface area (TPSA) is 30.1 Å². The minimum absolute atomic E-state index is 0.706. The van der Waals surface area contributed by atoms with Gasteiger partial charge in [-0.25, -0.2) is 0 Å². The van der Waals surface area contributed by atoms with Crippen molar-refractivity contribution in [1.29, 1.82) is 0 Å². The lowest BCUT2D eigenvalue weighted by Gasteiger charge is -2.04. The summed E-state index contributed by atoms with van der Waals surface area (Å²) in [4.78, 5) is 0. The van der Waals surface area contributed by atoms with Crippen LogP contribution in [0.1, 0.15) is 5.76 Å². The number of nitrogens with zero attached hydrogens (tertiary/aromatic N) is 1. The quantitative estimate of drug-likeness (QED) is 0.879. The Morgan fingerprint density at radius 2 is 2.08 bits per heavy atom. The summed E-state index contributed by atoms with van der Waals surface area (Å²) in [5.41, 5.74) is 3.17. The van der Waals surface area contributed by atoms with Crippen LogP contribution in [0.4, 0.5) is 0 Å². The summed E-state index contributed by atoms with van der Waals surface area (Å²) in [6.45, 7) is 0.706. The molecule has 3 nitrogen and oxygen atoms in total. The van der Waals surface area contributed by atoms with Crippen molar-refractivity contribution < 1.29 is 4.42 Å². The summed E-state index contributed by atoms with van der Waals surface area (Å²) in [6, 6.07) is 7.86. The van der Waals surface area contributed by atoms with Crippen molar-refractivity contribution >= 4 is 22.6 Å². The number of halogens is 1. The highest BCUT2D eigenvalue weighted by atomic mass is 127. The van der Waals surface area contributed by atoms with Crippen molar-refractivity contribution in [2.24, 2.45) is 0 Å². The molecular weight excluding hydrogens is 279 g/mol. The molecule has 2 heterocycles. The van der Waals surface area contributed by atoms with Crippen LogP contribution in [0, 0.1) is 3.77 Å². The van der Waals surface area contributed by atoms with E-state index >= 15 is 0 Å². The molecule has 0 saturated heterocycles. The fraction of sp³-hybridized carbons (Fsp3) is 0.111. The first-order chi connectivity index (χ1) is 6.34. The fourth-order valence-electron chi connectivity index (χ4n) is 1.06. The van der Waals surface area contributed by atoms with E-state index in [-0.39, 0.29) is 0 Å². The highest BCUT2D eigenvalue weighted by Crippen LogP contribution is 2.09. The zero-order valence-corrected chi connectivity index (χ0v) is 9.06. The molecule has 0 atom stereocenters. The predicted molar refractivity (Wildman–Crippen MR) is 58.9 cm³/mol. The van der Waals surface area contributed by atoms with Gasteiger partial charge >= 0.3 is 0 Å². The molecule has 68 valence electrons. The van der Waals surface area contributed by atoms with Crippen LogP contribution >= 0.6 is 22.6 Å². The molecule has 0 aromatic carbocycles. The molecule has 0 bridgehead atoms. The molecule has 0 unspecified atom stereocenters. The maximum absolute atomic E-state index is 5.39. The Bertz CT molecular complexity index is 367. The number of furan rings is 1. The largest absolute Gasteiger partial charge is 0.453 e. The van der Waals surface area contributed by atoms with E-state index in [4.69, 9.17) is 4.42 Å². The number of hydrogen-bond donors (Lipinski definition) is 1. The lowest BCUT2D eigenvalue weighted by molar-refractivity contribution is 0.486. The van der Waals surface area contributed by atoms with Crippen molar-refractivity contribution in [2.75, 3.05) is 5.43 Å². The van der Waals surface area contributed by atoms with Gasteiger partial charge < -0.3 is 9.84 Å². The molecule has 2 aromatic heterocycles. The van der Waals surface area contributed by atoms with Gasteiger partial charge in [0.1, 0.15) is 5.76 Å². The first-order valence-electron chi connectivity index (χ1n) is 3.96. The first-order valence-corrected chi connectivity index (χ1v) is 5.03. The molecule has 2 aromatic rings. The first kappa shape index (κ1) is 8.68. The predicted octanol–water partition coefficient (Wildman–Crippen LogP) is 2.43. The number of nitrogens with one attached hydrogen (secondary N) is 1. The highest BCUT2D eigenvalue weighted by molar-refractivity contribution is 14.1. The van der Waals surface area contributed by atoms with Gasteiger partial charge in [0, 0.05) is 12.4 Å². The van der Waals surface area contributed by atoms with Gasteiger partial charge in [0.2, 0.25) is 0 Å². The van der Waals surface area contributed by atoms with Crippen LogP contribution in [0.25, 0.3) is 0 Å². The van der Waals surface area contributed by atoms with Crippen molar-refractivity contribution in [1.82, 2.24) is 4.68 Å². The second-order valence-corrected chi connectivity index (χ2v) is 3.69. The lowest BCUT2D eigenvalue weighted by Crippen LogP contribution is -2.11. The van der Waals surface area contributed by atoms with Gasteiger partial charge in [0.05, 0.1) is 6.54 Å². The maximum atomic E-state index is 5.39. The third-order valence-corrected chi connectivity index (χ3v) is 2.25. The van der Waals surface area contributed by atoms with Crippen LogP contribution < -0.4 is 5.43 Å². The average Bonchev–Trinajstić information content (AvgIpc) is 2.71. The third-order valence-electron chi connectivity index (χ3n) is 1.67. The standard InChI is InChI=1S/C9H9IN2O/c10-9-4-3-8(13-9)7-11-12-5-1-2-6-12/h1-6,11H,7H2. The van der Waals surface area contributed by atoms with Crippen molar-refractivity contribution in [3.63, 3.8) is 0 Å². The Morgan fingerprint density at radius 3 is 2.69 bits per heavy atom. The molecular formula is C9H9IN2O. The van der Waals surface area contributed by atoms with Crippen molar-refractivity contribution in [2.45, 2.75) is 6.54 Å². The zero-order chi connectivity index (χ0) is 9.10. The van der Waals surface area contributed by atoms with Crippen LogP contribution in [0.2, 0.25) is 0 Å². The molecule has 0 aliphatic carbocycles. The molecule has 0 fully saturated rings. The Labute approximate surface area is 89.8 Å². The van der Waals surface area contributed by atoms with Crippen LogP contribution in [-0.2, 0) is 6.54 Å². The minimum atomic E-state index is 0.706. The Morgan fingerprint density at radius 1 is 1.31 bits per heavy atom. The van der Waals surface area contributed by atoms with Crippen LogP contribution in [-0.4, -0.2) is 4.68 Å². The van der Waals surface area contributed by atoms with Crippen LogP contribution in [0.15, 0.2) is 41.1 Å². The van der Waals surface area contributed by atoms with E-state index in [0.717, 1.165) is 9.53 Å². The van der Waals surface area contributed by atoms with Gasteiger partial charge in [-0.05, 0) is 46.9 Å². The number of aromatic nitrogens is 1. The maximum Gasteiger partial charge on any atom is 0.164 e. The van der Waals surface area contributed by atoms with Gasteiger partial charge in [-0.15, -0.1) is 0 Å². The normalized spacial score (nSPS) is 10.2. The molecule has 1 N–H and O–H groups in total. The van der Waals surface area contributed by atoms with E-state index in [2.05, 4.69) is 28.0 Å². The van der Waals surface area contributed by atoms with Crippen molar-refractivity contribution in [3.05, 3.63) is 46.2 Å². The van der Waals surface area contributed by atoms with E-state index in [1.807, 2.05) is 41.3 Å². The van der Waals surface area contributed by atoms with Crippen LogP contribution in [0.3, 0.4) is 0 Å². The number of rotatable bonds is 3. The second kappa shape index (κ2) is 3.87. The molecule has 2 rings (SSSR count). The SMILES string of the molecule is Ic1ccc(CNn2cccc2)o1. The van der Waals surface area contributed by atoms with Gasteiger partial charge in [0.25, 0.3) is 0 Å². The summed E-state index contributed by atoms with van der Waals surface area (Å²) in [7, 11) is 0. The summed E-state index contributed by atoms with van der Waals surface area (Å²) >= 11 is 2.15. The van der Waals surface area contributed by atoms with Gasteiger partial charge in [-0.2, -0.15) is 0 Å². The molecule has 0 radical (unpaired) electrons. The van der Waals surface area contributed by atoms with E-state index < -0.39 is 0 Å². The van der Waals surface area contributed by atoms with Gasteiger partial charge in [0.15, 0.2) is 3.77 Å². The number of hydrogen-bond acceptors (Lipinski definition) is 2. The zero-order valence-electron chi connectivity index (χ0n) is 6.90. The van der Waals surface area contributed by atoms with Gasteiger partial charge in [-0.3, -0.25) is 4.68 Å². The Hall–Kier alpha value is -0.910. The third kappa shape index (κ3) is 2.27. The molecule has 0 aliphatic heterocycles. The summed E-state index contributed by atoms with van der Waals surface area (Å²) in [5.74, 6) is 0.943. The smallest absolute Gasteiger partial charge is 0.164 e. The lowest BCUT2D eigenvalue weighted by atomic mass is 10.5. The molecule has 0 aliphatic rings. The van der Waals surface area contributed by atoms with E-state index in [1.54, 1.807) is 0 Å². The highest BCUT2D eigenvalue weighted by Gasteiger charge is 1.97. The Kier molecular flexibility index (Phi) is 2.58. The molecule has 0 saturated carbocycles. The Balaban J connectivity index is 1.93. The van der Waals surface area contributed by atoms with E-state index in [0.29, 0.717) is 6.54 Å². The van der Waals surface area contributed by atoms with E-state index in [1.165, 1.54) is 0 Å².